The van der Waals surface area contributed by atoms with Gasteiger partial charge in [0.25, 0.3) is 0 Å². The van der Waals surface area contributed by atoms with Crippen molar-refractivity contribution < 1.29 is 71.5 Å². The summed E-state index contributed by atoms with van der Waals surface area (Å²) >= 11 is 3.48. The monoisotopic (exact) mass is 1350 g/mol. The minimum Gasteiger partial charge on any atom is -1.00 e. The first-order valence-corrected chi connectivity index (χ1v) is 42.6. The van der Waals surface area contributed by atoms with E-state index in [1.54, 1.807) is 46.7 Å². The van der Waals surface area contributed by atoms with E-state index in [0.29, 0.717) is 23.7 Å². The second-order valence-electron chi connectivity index (χ2n) is 24.3. The van der Waals surface area contributed by atoms with Crippen molar-refractivity contribution in [1.82, 2.24) is 0 Å². The summed E-state index contributed by atoms with van der Waals surface area (Å²) in [4.78, 5) is 0. The zero-order chi connectivity index (χ0) is 60.8. The van der Waals surface area contributed by atoms with Crippen molar-refractivity contribution >= 4 is 54.0 Å². The minimum atomic E-state index is 0. The minimum absolute atomic E-state index is 0. The summed E-state index contributed by atoms with van der Waals surface area (Å²) in [6.07, 6.45) is 0. The number of benzene rings is 8. The molecule has 0 saturated carbocycles. The first kappa shape index (κ1) is 71.7. The SMILES string of the molecule is C[Si](C)=[Zr+2].C[Si](C)=[Zr+2].Cc1ccc(C(C)C)c2cc(-c3ccccc3)[cH-]c12.Cc1ccc(C(C)C)c2cc(-c3ccccc3)[cH-]c12.Cc1ccc(C(C)C)c2cc(-c3ccccc3)[cH-]c12.Cc1ccc(C(C)C)c2cc(-c3ccccc3)[cH-]c12.[Cl-].[Cl-]. The van der Waals surface area contributed by atoms with E-state index in [2.05, 4.69) is 328 Å². The van der Waals surface area contributed by atoms with Gasteiger partial charge in [-0.3, -0.25) is 0 Å². The molecule has 0 atom stereocenters. The van der Waals surface area contributed by atoms with Gasteiger partial charge in [0.05, 0.1) is 0 Å². The van der Waals surface area contributed by atoms with Gasteiger partial charge in [-0.05, 0) is 23.7 Å². The normalized spacial score (nSPS) is 10.7. The van der Waals surface area contributed by atoms with Crippen molar-refractivity contribution in [3.05, 3.63) is 263 Å². The summed E-state index contributed by atoms with van der Waals surface area (Å²) in [5.74, 6) is 2.26. The van der Waals surface area contributed by atoms with Gasteiger partial charge in [-0.2, -0.15) is 0 Å². The Hall–Kier alpha value is -5.02. The fourth-order valence-corrected chi connectivity index (χ4v) is 11.1. The fourth-order valence-electron chi connectivity index (χ4n) is 11.1. The van der Waals surface area contributed by atoms with Crippen molar-refractivity contribution in [2.75, 3.05) is 0 Å². The summed E-state index contributed by atoms with van der Waals surface area (Å²) in [6.45, 7) is 36.1. The predicted octanol–water partition coefficient (Wildman–Crippen LogP) is 18.2. The number of hydrogen-bond acceptors (Lipinski definition) is 0. The van der Waals surface area contributed by atoms with Crippen LogP contribution in [0, 0.1) is 27.7 Å². The largest absolute Gasteiger partial charge is 1.00 e. The van der Waals surface area contributed by atoms with E-state index in [1.165, 1.54) is 132 Å². The molecule has 0 bridgehead atoms. The van der Waals surface area contributed by atoms with Gasteiger partial charge in [0.15, 0.2) is 0 Å². The van der Waals surface area contributed by atoms with E-state index in [4.69, 9.17) is 0 Å². The van der Waals surface area contributed by atoms with Gasteiger partial charge in [0, 0.05) is 0 Å². The summed E-state index contributed by atoms with van der Waals surface area (Å²) in [5.41, 5.74) is 22.2. The van der Waals surface area contributed by atoms with E-state index in [-0.39, 0.29) is 35.7 Å². The summed E-state index contributed by atoms with van der Waals surface area (Å²) in [7, 11) is 0. The molecule has 0 aliphatic carbocycles. The molecule has 6 heteroatoms. The standard InChI is InChI=1S/4C19H19.2C2H6Si.2ClH.2Zr/c4*1-13(2)17-10-9-14(3)18-11-16(12-19(17)18)15-7-5-4-6-8-15;2*1-3-2;;;;/h4*4-13H,1-3H3;2*1-2H3;2*1H;;/q4*-1;;;;;2*+2/p-2. The van der Waals surface area contributed by atoms with Gasteiger partial charge < -0.3 is 24.8 Å². The Balaban J connectivity index is 0.000000199. The van der Waals surface area contributed by atoms with Crippen molar-refractivity contribution in [3.63, 3.8) is 0 Å². The molecule has 0 aliphatic heterocycles. The molecule has 0 aromatic heterocycles. The maximum Gasteiger partial charge on any atom is -0.0289 e. The van der Waals surface area contributed by atoms with Gasteiger partial charge in [-0.15, -0.1) is 136 Å². The maximum atomic E-state index is 2.34. The van der Waals surface area contributed by atoms with Crippen molar-refractivity contribution in [2.45, 2.75) is 133 Å². The molecular formula is C80H88Cl2Si2Zr2-2. The molecule has 86 heavy (non-hydrogen) atoms. The molecular weight excluding hydrogens is 1270 g/mol. The number of fused-ring (bicyclic) bond motifs is 4. The van der Waals surface area contributed by atoms with Crippen LogP contribution in [-0.4, -0.2) is 10.9 Å². The van der Waals surface area contributed by atoms with E-state index in [1.807, 2.05) is 0 Å². The average molecular weight is 1360 g/mol. The van der Waals surface area contributed by atoms with Gasteiger partial charge >= 0.3 is 83.7 Å². The van der Waals surface area contributed by atoms with Crippen LogP contribution in [0.3, 0.4) is 0 Å². The van der Waals surface area contributed by atoms with E-state index >= 15 is 0 Å². The fraction of sp³-hybridized carbons (Fsp3) is 0.250. The van der Waals surface area contributed by atoms with Gasteiger partial charge in [-0.1, -0.05) is 297 Å². The van der Waals surface area contributed by atoms with E-state index in [9.17, 15) is 0 Å². The van der Waals surface area contributed by atoms with Crippen LogP contribution in [0.4, 0.5) is 0 Å². The first-order chi connectivity index (χ1) is 40.1. The van der Waals surface area contributed by atoms with Crippen LogP contribution in [0.25, 0.3) is 87.6 Å². The zero-order valence-electron chi connectivity index (χ0n) is 53.8. The molecule has 0 N–H and O–H groups in total. The number of aryl methyl sites for hydroxylation is 4. The average Bonchev–Trinajstić information content (AvgIpc) is 4.27. The molecule has 0 amide bonds. The molecule has 0 unspecified atom stereocenters. The molecule has 0 nitrogen and oxygen atoms in total. The Morgan fingerprint density at radius 3 is 0.593 bits per heavy atom. The Kier molecular flexibility index (Phi) is 28.4. The molecule has 0 aliphatic rings. The quantitative estimate of drug-likeness (QED) is 0.105. The van der Waals surface area contributed by atoms with Gasteiger partial charge in [-0.25, -0.2) is 0 Å². The third kappa shape index (κ3) is 19.0. The second-order valence-corrected chi connectivity index (χ2v) is 43.0. The van der Waals surface area contributed by atoms with E-state index in [0.717, 1.165) is 0 Å². The van der Waals surface area contributed by atoms with Crippen molar-refractivity contribution in [1.29, 1.82) is 0 Å². The Morgan fingerprint density at radius 1 is 0.279 bits per heavy atom. The predicted molar refractivity (Wildman–Crippen MR) is 370 cm³/mol. The number of hydrogen-bond donors (Lipinski definition) is 0. The van der Waals surface area contributed by atoms with Crippen LogP contribution in [0.5, 0.6) is 0 Å². The zero-order valence-corrected chi connectivity index (χ0v) is 62.3. The van der Waals surface area contributed by atoms with Crippen LogP contribution >= 0.6 is 0 Å². The molecule has 0 fully saturated rings. The topological polar surface area (TPSA) is 0 Å². The molecule has 0 heterocycles. The maximum absolute atomic E-state index is 2.34. The van der Waals surface area contributed by atoms with Crippen molar-refractivity contribution in [3.8, 4) is 44.5 Å². The third-order valence-corrected chi connectivity index (χ3v) is 15.5. The third-order valence-electron chi connectivity index (χ3n) is 15.5. The van der Waals surface area contributed by atoms with E-state index < -0.39 is 0 Å². The molecule has 0 radical (unpaired) electrons. The number of halogens is 2. The van der Waals surface area contributed by atoms with Gasteiger partial charge in [0.2, 0.25) is 0 Å². The molecule has 12 aromatic rings. The first-order valence-electron chi connectivity index (χ1n) is 30.2. The Labute approximate surface area is 560 Å². The summed E-state index contributed by atoms with van der Waals surface area (Å²) in [5, 5.41) is 11.2. The van der Waals surface area contributed by atoms with Gasteiger partial charge in [0.1, 0.15) is 0 Å². The molecule has 0 spiro atoms. The van der Waals surface area contributed by atoms with Crippen LogP contribution in [0.15, 0.2) is 218 Å². The second kappa shape index (κ2) is 34.1. The molecule has 0 saturated heterocycles. The van der Waals surface area contributed by atoms with Crippen LogP contribution in [-0.2, 0) is 46.7 Å². The van der Waals surface area contributed by atoms with Crippen molar-refractivity contribution in [2.24, 2.45) is 0 Å². The molecule has 12 rings (SSSR count). The van der Waals surface area contributed by atoms with Crippen LogP contribution in [0.2, 0.25) is 26.2 Å². The Morgan fingerprint density at radius 2 is 0.442 bits per heavy atom. The number of rotatable bonds is 8. The summed E-state index contributed by atoms with van der Waals surface area (Å²) in [6, 6.07) is 79.2. The Bertz CT molecular complexity index is 3550. The van der Waals surface area contributed by atoms with Crippen LogP contribution in [0.1, 0.15) is 124 Å². The molecule has 12 aromatic carbocycles. The molecule has 440 valence electrons. The van der Waals surface area contributed by atoms with Crippen LogP contribution < -0.4 is 24.8 Å². The smallest absolute Gasteiger partial charge is 0.0289 e. The summed E-state index contributed by atoms with van der Waals surface area (Å²) < 4.78 is 0.